The minimum atomic E-state index is -4.45. The van der Waals surface area contributed by atoms with E-state index >= 15 is 0 Å². The molecule has 0 bridgehead atoms. The Morgan fingerprint density at radius 3 is 2.46 bits per heavy atom. The van der Waals surface area contributed by atoms with Crippen molar-refractivity contribution in [3.63, 3.8) is 0 Å². The molecule has 1 aliphatic rings. The van der Waals surface area contributed by atoms with Gasteiger partial charge in [-0.1, -0.05) is 26.0 Å². The molecule has 1 aromatic carbocycles. The molecule has 4 nitrogen and oxygen atoms in total. The van der Waals surface area contributed by atoms with E-state index in [4.69, 9.17) is 10.5 Å². The highest BCUT2D eigenvalue weighted by molar-refractivity contribution is 5.78. The molecule has 0 aliphatic carbocycles. The second-order valence-electron chi connectivity index (χ2n) is 6.45. The second kappa shape index (κ2) is 7.42. The van der Waals surface area contributed by atoms with Crippen molar-refractivity contribution >= 4 is 5.91 Å². The summed E-state index contributed by atoms with van der Waals surface area (Å²) in [5.41, 5.74) is 6.84. The first-order valence-corrected chi connectivity index (χ1v) is 8.03. The maximum Gasteiger partial charge on any atom is 0.408 e. The van der Waals surface area contributed by atoms with E-state index in [-0.39, 0.29) is 19.4 Å². The van der Waals surface area contributed by atoms with Crippen LogP contribution in [-0.2, 0) is 4.79 Å². The van der Waals surface area contributed by atoms with Crippen molar-refractivity contribution in [2.45, 2.75) is 50.9 Å². The number of nitrogens with zero attached hydrogens (tertiary/aromatic N) is 1. The van der Waals surface area contributed by atoms with Crippen LogP contribution in [0.3, 0.4) is 0 Å². The van der Waals surface area contributed by atoms with Crippen molar-refractivity contribution in [1.29, 1.82) is 0 Å². The smallest absolute Gasteiger partial charge is 0.408 e. The molecule has 1 aromatic rings. The molecule has 0 spiro atoms. The summed E-state index contributed by atoms with van der Waals surface area (Å²) in [4.78, 5) is 13.0. The molecule has 2 rings (SSSR count). The number of likely N-dealkylation sites (tertiary alicyclic amines) is 1. The standard InChI is InChI=1S/C17H23F3N2O2/c1-11(2)12-3-6-14(7-4-12)24-10-16(23)22-9-13(21)5-8-15(22)17(18,19)20/h3-4,6-7,11,13,15H,5,8-10,21H2,1-2H3. The van der Waals surface area contributed by atoms with Crippen LogP contribution < -0.4 is 10.5 Å². The maximum atomic E-state index is 13.1. The van der Waals surface area contributed by atoms with Gasteiger partial charge in [0.2, 0.25) is 0 Å². The number of halogens is 3. The van der Waals surface area contributed by atoms with Crippen LogP contribution in [0.25, 0.3) is 0 Å². The van der Waals surface area contributed by atoms with Gasteiger partial charge in [-0.2, -0.15) is 13.2 Å². The number of rotatable bonds is 4. The predicted octanol–water partition coefficient (Wildman–Crippen LogP) is 3.07. The fourth-order valence-corrected chi connectivity index (χ4v) is 2.79. The molecule has 2 N–H and O–H groups in total. The molecule has 0 saturated carbocycles. The Morgan fingerprint density at radius 2 is 1.92 bits per heavy atom. The lowest BCUT2D eigenvalue weighted by Crippen LogP contribution is -2.57. The highest BCUT2D eigenvalue weighted by Gasteiger charge is 2.47. The van der Waals surface area contributed by atoms with Crippen molar-refractivity contribution in [2.75, 3.05) is 13.2 Å². The first-order chi connectivity index (χ1) is 11.2. The van der Waals surface area contributed by atoms with Crippen LogP contribution in [0.5, 0.6) is 5.75 Å². The van der Waals surface area contributed by atoms with E-state index in [1.165, 1.54) is 0 Å². The average Bonchev–Trinajstić information content (AvgIpc) is 2.51. The van der Waals surface area contributed by atoms with Crippen molar-refractivity contribution in [3.8, 4) is 5.75 Å². The number of hydrogen-bond acceptors (Lipinski definition) is 3. The lowest BCUT2D eigenvalue weighted by Gasteiger charge is -2.39. The molecule has 1 saturated heterocycles. The Balaban J connectivity index is 1.99. The molecule has 2 atom stereocenters. The molecule has 7 heteroatoms. The molecule has 0 radical (unpaired) electrons. The number of amides is 1. The molecular weight excluding hydrogens is 321 g/mol. The first-order valence-electron chi connectivity index (χ1n) is 8.03. The Bertz CT molecular complexity index is 558. The number of benzene rings is 1. The molecule has 134 valence electrons. The van der Waals surface area contributed by atoms with Gasteiger partial charge in [0, 0.05) is 12.6 Å². The minimum absolute atomic E-state index is 0.0986. The van der Waals surface area contributed by atoms with Crippen LogP contribution in [0, 0.1) is 0 Å². The van der Waals surface area contributed by atoms with Gasteiger partial charge in [0.05, 0.1) is 0 Å². The van der Waals surface area contributed by atoms with Gasteiger partial charge >= 0.3 is 6.18 Å². The molecule has 1 fully saturated rings. The summed E-state index contributed by atoms with van der Waals surface area (Å²) in [5.74, 6) is 0.126. The van der Waals surface area contributed by atoms with Gasteiger partial charge in [0.15, 0.2) is 6.61 Å². The number of hydrogen-bond donors (Lipinski definition) is 1. The van der Waals surface area contributed by atoms with E-state index in [2.05, 4.69) is 13.8 Å². The Hall–Kier alpha value is -1.76. The first kappa shape index (κ1) is 18.6. The van der Waals surface area contributed by atoms with Crippen LogP contribution in [0.2, 0.25) is 0 Å². The molecule has 24 heavy (non-hydrogen) atoms. The zero-order valence-electron chi connectivity index (χ0n) is 13.8. The summed E-state index contributed by atoms with van der Waals surface area (Å²) in [7, 11) is 0. The average molecular weight is 344 g/mol. The molecule has 0 aromatic heterocycles. The normalized spacial score (nSPS) is 21.9. The highest BCUT2D eigenvalue weighted by atomic mass is 19.4. The Labute approximate surface area is 139 Å². The molecule has 1 amide bonds. The fraction of sp³-hybridized carbons (Fsp3) is 0.588. The third kappa shape index (κ3) is 4.63. The van der Waals surface area contributed by atoms with Gasteiger partial charge in [-0.05, 0) is 36.5 Å². The highest BCUT2D eigenvalue weighted by Crippen LogP contribution is 2.31. The van der Waals surface area contributed by atoms with Crippen molar-refractivity contribution in [1.82, 2.24) is 4.90 Å². The SMILES string of the molecule is CC(C)c1ccc(OCC(=O)N2CC(N)CCC2C(F)(F)F)cc1. The van der Waals surface area contributed by atoms with E-state index in [9.17, 15) is 18.0 Å². The van der Waals surface area contributed by atoms with Crippen LogP contribution in [0.15, 0.2) is 24.3 Å². The minimum Gasteiger partial charge on any atom is -0.484 e. The zero-order chi connectivity index (χ0) is 17.9. The number of nitrogens with two attached hydrogens (primary N) is 1. The summed E-state index contributed by atoms with van der Waals surface area (Å²) in [6.07, 6.45) is -4.36. The summed E-state index contributed by atoms with van der Waals surface area (Å²) in [6.45, 7) is 3.57. The summed E-state index contributed by atoms with van der Waals surface area (Å²) >= 11 is 0. The van der Waals surface area contributed by atoms with Gasteiger partial charge in [-0.15, -0.1) is 0 Å². The summed E-state index contributed by atoms with van der Waals surface area (Å²) in [5, 5.41) is 0. The largest absolute Gasteiger partial charge is 0.484 e. The summed E-state index contributed by atoms with van der Waals surface area (Å²) in [6, 6.07) is 4.96. The zero-order valence-corrected chi connectivity index (χ0v) is 13.8. The van der Waals surface area contributed by atoms with Gasteiger partial charge < -0.3 is 15.4 Å². The van der Waals surface area contributed by atoms with Crippen LogP contribution in [0.1, 0.15) is 38.2 Å². The van der Waals surface area contributed by atoms with Crippen molar-refractivity contribution < 1.29 is 22.7 Å². The van der Waals surface area contributed by atoms with E-state index < -0.39 is 30.8 Å². The monoisotopic (exact) mass is 344 g/mol. The number of ether oxygens (including phenoxy) is 1. The maximum absolute atomic E-state index is 13.1. The van der Waals surface area contributed by atoms with Crippen molar-refractivity contribution in [3.05, 3.63) is 29.8 Å². The fourth-order valence-electron chi connectivity index (χ4n) is 2.79. The Kier molecular flexibility index (Phi) is 5.74. The van der Waals surface area contributed by atoms with E-state index in [1.54, 1.807) is 12.1 Å². The van der Waals surface area contributed by atoms with Crippen LogP contribution in [-0.4, -0.2) is 42.2 Å². The number of carbonyl (C=O) groups excluding carboxylic acids is 1. The number of piperidine rings is 1. The number of carbonyl (C=O) groups is 1. The van der Waals surface area contributed by atoms with E-state index in [0.717, 1.165) is 10.5 Å². The van der Waals surface area contributed by atoms with Gasteiger partial charge in [0.1, 0.15) is 11.8 Å². The summed E-state index contributed by atoms with van der Waals surface area (Å²) < 4.78 is 44.6. The van der Waals surface area contributed by atoms with Gasteiger partial charge in [0.25, 0.3) is 5.91 Å². The topological polar surface area (TPSA) is 55.6 Å². The number of alkyl halides is 3. The predicted molar refractivity (Wildman–Crippen MR) is 84.8 cm³/mol. The second-order valence-corrected chi connectivity index (χ2v) is 6.45. The molecule has 1 aliphatic heterocycles. The lowest BCUT2D eigenvalue weighted by molar-refractivity contribution is -0.197. The van der Waals surface area contributed by atoms with Gasteiger partial charge in [-0.25, -0.2) is 0 Å². The van der Waals surface area contributed by atoms with Crippen LogP contribution >= 0.6 is 0 Å². The quantitative estimate of drug-likeness (QED) is 0.913. The lowest BCUT2D eigenvalue weighted by atomic mass is 9.98. The van der Waals surface area contributed by atoms with E-state index in [1.807, 2.05) is 12.1 Å². The van der Waals surface area contributed by atoms with Gasteiger partial charge in [-0.3, -0.25) is 4.79 Å². The molecular formula is C17H23F3N2O2. The Morgan fingerprint density at radius 1 is 1.29 bits per heavy atom. The van der Waals surface area contributed by atoms with Crippen molar-refractivity contribution in [2.24, 2.45) is 5.73 Å². The molecule has 2 unspecified atom stereocenters. The third-order valence-electron chi connectivity index (χ3n) is 4.23. The van der Waals surface area contributed by atoms with Crippen LogP contribution in [0.4, 0.5) is 13.2 Å². The molecule has 1 heterocycles. The third-order valence-corrected chi connectivity index (χ3v) is 4.23. The van der Waals surface area contributed by atoms with E-state index in [0.29, 0.717) is 11.7 Å².